The zero-order valence-corrected chi connectivity index (χ0v) is 16.5. The van der Waals surface area contributed by atoms with Gasteiger partial charge in [0, 0.05) is 6.07 Å². The molecule has 2 aromatic carbocycles. The average Bonchev–Trinajstić information content (AvgIpc) is 2.67. The van der Waals surface area contributed by atoms with Crippen LogP contribution in [0.1, 0.15) is 36.5 Å². The first-order chi connectivity index (χ1) is 14.1. The van der Waals surface area contributed by atoms with E-state index in [0.29, 0.717) is 11.8 Å². The van der Waals surface area contributed by atoms with Gasteiger partial charge in [-0.3, -0.25) is 25.0 Å². The van der Waals surface area contributed by atoms with Gasteiger partial charge in [0.05, 0.1) is 27.7 Å². The Balaban J connectivity index is 2.09. The number of nitro groups is 2. The maximum Gasteiger partial charge on any atom is 0.318 e. The maximum atomic E-state index is 12.0. The van der Waals surface area contributed by atoms with Crippen molar-refractivity contribution in [1.29, 1.82) is 0 Å². The van der Waals surface area contributed by atoms with Crippen molar-refractivity contribution in [1.82, 2.24) is 5.43 Å². The van der Waals surface area contributed by atoms with E-state index < -0.39 is 32.9 Å². The summed E-state index contributed by atoms with van der Waals surface area (Å²) in [6.45, 7) is 5.53. The molecule has 2 rings (SSSR count). The Morgan fingerprint density at radius 3 is 2.53 bits per heavy atom. The van der Waals surface area contributed by atoms with Crippen LogP contribution in [0, 0.1) is 27.2 Å². The predicted octanol–water partition coefficient (Wildman–Crippen LogP) is 3.17. The molecule has 2 aromatic rings. The van der Waals surface area contributed by atoms with Gasteiger partial charge in [0.1, 0.15) is 5.75 Å². The number of phenols is 1. The van der Waals surface area contributed by atoms with Gasteiger partial charge in [0.15, 0.2) is 6.61 Å². The summed E-state index contributed by atoms with van der Waals surface area (Å²) in [6.07, 6.45) is 0.874. The highest BCUT2D eigenvalue weighted by Crippen LogP contribution is 2.33. The molecule has 11 heteroatoms. The fraction of sp³-hybridized carbons (Fsp3) is 0.263. The molecule has 0 aromatic heterocycles. The van der Waals surface area contributed by atoms with Gasteiger partial charge in [-0.05, 0) is 30.0 Å². The van der Waals surface area contributed by atoms with E-state index in [2.05, 4.69) is 10.5 Å². The van der Waals surface area contributed by atoms with Crippen LogP contribution in [-0.2, 0) is 4.79 Å². The Hall–Kier alpha value is -4.02. The average molecular weight is 416 g/mol. The zero-order valence-electron chi connectivity index (χ0n) is 16.5. The number of hydrogen-bond acceptors (Lipinski definition) is 8. The molecule has 0 aliphatic heterocycles. The molecule has 11 nitrogen and oxygen atoms in total. The van der Waals surface area contributed by atoms with Crippen LogP contribution in [0.25, 0.3) is 0 Å². The summed E-state index contributed by atoms with van der Waals surface area (Å²) in [5.74, 6) is -0.673. The second-order valence-electron chi connectivity index (χ2n) is 6.69. The number of carbonyl (C=O) groups is 1. The van der Waals surface area contributed by atoms with E-state index in [-0.39, 0.29) is 18.1 Å². The normalized spacial score (nSPS) is 10.9. The number of hydrogen-bond donors (Lipinski definition) is 2. The Morgan fingerprint density at radius 2 is 1.93 bits per heavy atom. The van der Waals surface area contributed by atoms with E-state index >= 15 is 0 Å². The highest BCUT2D eigenvalue weighted by Gasteiger charge is 2.23. The van der Waals surface area contributed by atoms with E-state index in [1.165, 1.54) is 0 Å². The molecule has 0 saturated carbocycles. The molecule has 0 spiro atoms. The molecule has 1 amide bonds. The van der Waals surface area contributed by atoms with Crippen LogP contribution >= 0.6 is 0 Å². The molecule has 0 radical (unpaired) electrons. The summed E-state index contributed by atoms with van der Waals surface area (Å²) in [5.41, 5.74) is 2.31. The summed E-state index contributed by atoms with van der Waals surface area (Å²) >= 11 is 0. The van der Waals surface area contributed by atoms with Gasteiger partial charge in [-0.15, -0.1) is 0 Å². The van der Waals surface area contributed by atoms with Gasteiger partial charge in [0.25, 0.3) is 11.6 Å². The first-order valence-electron chi connectivity index (χ1n) is 8.81. The molecule has 30 heavy (non-hydrogen) atoms. The Labute approximate surface area is 171 Å². The monoisotopic (exact) mass is 416 g/mol. The highest BCUT2D eigenvalue weighted by molar-refractivity contribution is 5.88. The number of phenolic OH excluding ortho intramolecular Hbond substituents is 1. The summed E-state index contributed by atoms with van der Waals surface area (Å²) < 4.78 is 5.55. The number of nitro benzene ring substituents is 2. The van der Waals surface area contributed by atoms with Crippen LogP contribution in [0.3, 0.4) is 0 Å². The molecular formula is C19H20N4O7. The van der Waals surface area contributed by atoms with Crippen molar-refractivity contribution in [3.05, 3.63) is 67.3 Å². The number of amides is 1. The van der Waals surface area contributed by atoms with Gasteiger partial charge in [-0.25, -0.2) is 5.43 Å². The third kappa shape index (κ3) is 5.50. The molecule has 0 fully saturated rings. The Bertz CT molecular complexity index is 1020. The third-order valence-corrected chi connectivity index (χ3v) is 4.05. The molecule has 2 N–H and O–H groups in total. The van der Waals surface area contributed by atoms with Crippen LogP contribution in [0.5, 0.6) is 11.5 Å². The van der Waals surface area contributed by atoms with E-state index in [1.54, 1.807) is 0 Å². The van der Waals surface area contributed by atoms with E-state index in [9.17, 15) is 30.1 Å². The number of hydrazone groups is 1. The van der Waals surface area contributed by atoms with Crippen molar-refractivity contribution in [3.8, 4) is 11.5 Å². The van der Waals surface area contributed by atoms with Gasteiger partial charge in [-0.1, -0.05) is 26.0 Å². The maximum absolute atomic E-state index is 12.0. The van der Waals surface area contributed by atoms with Gasteiger partial charge in [0.2, 0.25) is 5.75 Å². The number of nitrogens with one attached hydrogen (secondary N) is 1. The van der Waals surface area contributed by atoms with Crippen molar-refractivity contribution in [2.75, 3.05) is 6.61 Å². The minimum Gasteiger partial charge on any atom is -0.502 e. The lowest BCUT2D eigenvalue weighted by Gasteiger charge is -2.14. The number of ether oxygens (including phenoxy) is 1. The van der Waals surface area contributed by atoms with Crippen LogP contribution in [-0.4, -0.2) is 33.7 Å². The van der Waals surface area contributed by atoms with Crippen LogP contribution in [0.15, 0.2) is 35.4 Å². The van der Waals surface area contributed by atoms with Gasteiger partial charge >= 0.3 is 5.69 Å². The predicted molar refractivity (Wildman–Crippen MR) is 108 cm³/mol. The smallest absolute Gasteiger partial charge is 0.318 e. The Morgan fingerprint density at radius 1 is 1.23 bits per heavy atom. The molecule has 158 valence electrons. The van der Waals surface area contributed by atoms with E-state index in [0.717, 1.165) is 23.4 Å². The molecular weight excluding hydrogens is 396 g/mol. The second-order valence-corrected chi connectivity index (χ2v) is 6.69. The third-order valence-electron chi connectivity index (χ3n) is 4.05. The molecule has 0 atom stereocenters. The largest absolute Gasteiger partial charge is 0.502 e. The first-order valence-corrected chi connectivity index (χ1v) is 8.81. The van der Waals surface area contributed by atoms with Crippen molar-refractivity contribution in [2.24, 2.45) is 5.10 Å². The standard InChI is InChI=1S/C19H20N4O7/c1-11(2)15-5-4-12(3)6-17(15)30-10-18(24)21-20-9-13-7-14(22(26)27)8-16(19(13)25)23(28)29/h4-9,11,25H,10H2,1-3H3,(H,21,24)/b20-9-. The number of aromatic hydroxyl groups is 1. The molecule has 0 aliphatic rings. The summed E-state index contributed by atoms with van der Waals surface area (Å²) in [6, 6.07) is 7.20. The quantitative estimate of drug-likeness (QED) is 0.380. The molecule has 0 bridgehead atoms. The van der Waals surface area contributed by atoms with Crippen molar-refractivity contribution >= 4 is 23.5 Å². The number of aryl methyl sites for hydroxylation is 1. The topological polar surface area (TPSA) is 157 Å². The fourth-order valence-electron chi connectivity index (χ4n) is 2.56. The number of carbonyl (C=O) groups excluding carboxylic acids is 1. The van der Waals surface area contributed by atoms with Crippen molar-refractivity contribution in [3.63, 3.8) is 0 Å². The summed E-state index contributed by atoms with van der Waals surface area (Å²) in [7, 11) is 0. The fourth-order valence-corrected chi connectivity index (χ4v) is 2.56. The van der Waals surface area contributed by atoms with Crippen molar-refractivity contribution < 1.29 is 24.5 Å². The summed E-state index contributed by atoms with van der Waals surface area (Å²) in [4.78, 5) is 32.0. The minimum absolute atomic E-state index is 0.189. The lowest BCUT2D eigenvalue weighted by molar-refractivity contribution is -0.394. The Kier molecular flexibility index (Phi) is 7.02. The zero-order chi connectivity index (χ0) is 22.4. The minimum atomic E-state index is -0.958. The number of rotatable bonds is 8. The van der Waals surface area contributed by atoms with Gasteiger partial charge < -0.3 is 9.84 Å². The van der Waals surface area contributed by atoms with Crippen molar-refractivity contribution in [2.45, 2.75) is 26.7 Å². The number of nitrogens with zero attached hydrogens (tertiary/aromatic N) is 3. The first kappa shape index (κ1) is 22.3. The lowest BCUT2D eigenvalue weighted by Crippen LogP contribution is -2.25. The molecule has 0 saturated heterocycles. The van der Waals surface area contributed by atoms with E-state index in [1.807, 2.05) is 39.0 Å². The second kappa shape index (κ2) is 9.45. The van der Waals surface area contributed by atoms with Crippen LogP contribution in [0.2, 0.25) is 0 Å². The summed E-state index contributed by atoms with van der Waals surface area (Å²) in [5, 5.41) is 35.3. The number of benzene rings is 2. The molecule has 0 unspecified atom stereocenters. The van der Waals surface area contributed by atoms with Gasteiger partial charge in [-0.2, -0.15) is 5.10 Å². The van der Waals surface area contributed by atoms with E-state index in [4.69, 9.17) is 4.74 Å². The highest BCUT2D eigenvalue weighted by atomic mass is 16.6. The lowest BCUT2D eigenvalue weighted by atomic mass is 10.0. The van der Waals surface area contributed by atoms with Crippen LogP contribution in [0.4, 0.5) is 11.4 Å². The molecule has 0 aliphatic carbocycles. The van der Waals surface area contributed by atoms with Crippen LogP contribution < -0.4 is 10.2 Å². The SMILES string of the molecule is Cc1ccc(C(C)C)c(OCC(=O)N/N=C\c2cc([N+](=O)[O-])cc([N+](=O)[O-])c2O)c1. The molecule has 0 heterocycles. The number of non-ortho nitro benzene ring substituents is 1.